The molecule has 8 aliphatic heterocycles. The van der Waals surface area contributed by atoms with Gasteiger partial charge in [-0.2, -0.15) is 0 Å². The van der Waals surface area contributed by atoms with Gasteiger partial charge < -0.3 is 39.9 Å². The van der Waals surface area contributed by atoms with Gasteiger partial charge in [0.2, 0.25) is 0 Å². The number of nitrogens with zero attached hydrogens (tertiary/aromatic N) is 8. The van der Waals surface area contributed by atoms with Crippen LogP contribution in [0, 0.1) is 0 Å². The summed E-state index contributed by atoms with van der Waals surface area (Å²) in [6.07, 6.45) is 32.4. The van der Waals surface area contributed by atoms with Crippen LogP contribution in [-0.4, -0.2) is 79.7 Å². The van der Waals surface area contributed by atoms with E-state index in [1.54, 1.807) is 0 Å². The van der Waals surface area contributed by atoms with E-state index in [1.807, 2.05) is 194 Å². The molecule has 8 N–H and O–H groups in total. The molecule has 32 bridgehead atoms. The minimum atomic E-state index is 0. The molecule has 0 unspecified atom stereocenters. The first-order chi connectivity index (χ1) is 47.2. The maximum Gasteiger partial charge on any atom is 0.0658 e. The molecule has 0 saturated heterocycles. The van der Waals surface area contributed by atoms with E-state index in [2.05, 4.69) is 177 Å². The molecule has 0 aliphatic carbocycles. The minimum Gasteiger partial charge on any atom is -0.355 e. The first kappa shape index (κ1) is 59.0. The van der Waals surface area contributed by atoms with Crippen LogP contribution in [0.3, 0.4) is 0 Å². The molecular formula is C80H56CuN16. The van der Waals surface area contributed by atoms with Gasteiger partial charge in [-0.05, 0) is 291 Å². The molecule has 467 valence electrons. The third kappa shape index (κ3) is 14.3. The second-order valence-corrected chi connectivity index (χ2v) is 23.6. The van der Waals surface area contributed by atoms with E-state index in [-0.39, 0.29) is 17.1 Å². The summed E-state index contributed by atoms with van der Waals surface area (Å²) in [5, 5.41) is 0. The van der Waals surface area contributed by atoms with E-state index < -0.39 is 0 Å². The summed E-state index contributed by atoms with van der Waals surface area (Å²) in [6, 6.07) is 65.4. The largest absolute Gasteiger partial charge is 0.355 e. The van der Waals surface area contributed by atoms with E-state index in [0.717, 1.165) is 179 Å². The molecule has 8 aliphatic rings. The Morgan fingerprint density at radius 2 is 0.196 bits per heavy atom. The van der Waals surface area contributed by atoms with Crippen LogP contribution in [0.5, 0.6) is 0 Å². The Morgan fingerprint density at radius 1 is 0.124 bits per heavy atom. The van der Waals surface area contributed by atoms with Crippen molar-refractivity contribution in [2.75, 3.05) is 0 Å². The van der Waals surface area contributed by atoms with Crippen molar-refractivity contribution in [2.45, 2.75) is 0 Å². The molecular weight excluding hydrogens is 1250 g/mol. The second kappa shape index (κ2) is 25.8. The fourth-order valence-electron chi connectivity index (χ4n) is 11.8. The van der Waals surface area contributed by atoms with Crippen molar-refractivity contribution >= 4 is 185 Å². The van der Waals surface area contributed by atoms with Gasteiger partial charge in [-0.15, -0.1) is 0 Å². The first-order valence-corrected chi connectivity index (χ1v) is 31.4. The molecule has 20 rings (SSSR count). The van der Waals surface area contributed by atoms with E-state index >= 15 is 0 Å². The van der Waals surface area contributed by atoms with Gasteiger partial charge in [-0.25, -0.2) is 39.9 Å². The van der Waals surface area contributed by atoms with Crippen LogP contribution in [0.25, 0.3) is 185 Å². The van der Waals surface area contributed by atoms with Gasteiger partial charge in [0.15, 0.2) is 0 Å². The van der Waals surface area contributed by atoms with E-state index in [4.69, 9.17) is 0 Å². The maximum atomic E-state index is 4.63. The van der Waals surface area contributed by atoms with Crippen molar-refractivity contribution in [1.29, 1.82) is 0 Å². The number of hydrogen-bond donors (Lipinski definition) is 8. The molecule has 0 saturated carbocycles. The normalized spacial score (nSPS) is 12.5. The quantitative estimate of drug-likeness (QED) is 0.0679. The number of aromatic amines is 8. The average molecular weight is 1300 g/mol. The SMILES string of the molecule is C1=Cc2cc3ccc(cc4nc(cc5ccc(cc1n2)[nH]5)C=C4)[nH]3.C1=Cc2cc3ccc(cc4nc(cc5ccc(cc1n2)[nH]5)C=C4)[nH]3.C1=Cc2cc3ccc(cc4nc(cc5ccc(cc1n2)[nH]5)C=C4)[nH]3.C1=Cc2cc3ccc(cc4nc(cc5ccc(cc1n2)[nH]5)C=C4)[nH]3.[Cu]. The Kier molecular flexibility index (Phi) is 15.7. The predicted octanol–water partition coefficient (Wildman–Crippen LogP) is 18.6. The Morgan fingerprint density at radius 3 is 0.268 bits per heavy atom. The molecule has 0 aromatic carbocycles. The monoisotopic (exact) mass is 1300 g/mol. The third-order valence-electron chi connectivity index (χ3n) is 16.2. The number of H-pyrrole nitrogens is 8. The molecule has 0 atom stereocenters. The predicted molar refractivity (Wildman–Crippen MR) is 395 cm³/mol. The van der Waals surface area contributed by atoms with E-state index in [1.165, 1.54) is 0 Å². The van der Waals surface area contributed by atoms with Gasteiger partial charge in [0.1, 0.15) is 0 Å². The van der Waals surface area contributed by atoms with Crippen LogP contribution in [0.2, 0.25) is 0 Å². The van der Waals surface area contributed by atoms with Crippen LogP contribution in [0.15, 0.2) is 194 Å². The van der Waals surface area contributed by atoms with Gasteiger partial charge in [-0.3, -0.25) is 0 Å². The summed E-state index contributed by atoms with van der Waals surface area (Å²) in [6.45, 7) is 0. The summed E-state index contributed by atoms with van der Waals surface area (Å²) in [5.74, 6) is 0. The summed E-state index contributed by atoms with van der Waals surface area (Å²) in [4.78, 5) is 64.1. The van der Waals surface area contributed by atoms with Crippen molar-refractivity contribution in [1.82, 2.24) is 79.7 Å². The van der Waals surface area contributed by atoms with Crippen LogP contribution in [0.1, 0.15) is 91.1 Å². The topological polar surface area (TPSA) is 229 Å². The summed E-state index contributed by atoms with van der Waals surface area (Å²) in [5.41, 5.74) is 31.4. The molecule has 0 amide bonds. The molecule has 0 fully saturated rings. The van der Waals surface area contributed by atoms with Gasteiger partial charge in [0, 0.05) is 105 Å². The summed E-state index contributed by atoms with van der Waals surface area (Å²) < 4.78 is 0. The zero-order chi connectivity index (χ0) is 63.7. The van der Waals surface area contributed by atoms with Gasteiger partial charge >= 0.3 is 0 Å². The molecule has 16 nitrogen and oxygen atoms in total. The van der Waals surface area contributed by atoms with Gasteiger partial charge in [0.25, 0.3) is 0 Å². The number of hydrogen-bond acceptors (Lipinski definition) is 8. The number of rotatable bonds is 0. The Bertz CT molecular complexity index is 4690. The molecule has 1 radical (unpaired) electrons. The molecule has 12 aromatic heterocycles. The van der Waals surface area contributed by atoms with Crippen molar-refractivity contribution in [3.8, 4) is 0 Å². The maximum absolute atomic E-state index is 4.63. The zero-order valence-electron chi connectivity index (χ0n) is 51.6. The Labute approximate surface area is 564 Å². The van der Waals surface area contributed by atoms with Crippen molar-refractivity contribution < 1.29 is 17.1 Å². The van der Waals surface area contributed by atoms with Gasteiger partial charge in [0.05, 0.1) is 91.1 Å². The average Bonchev–Trinajstić information content (AvgIpc) is 1.77. The van der Waals surface area contributed by atoms with Crippen molar-refractivity contribution in [3.63, 3.8) is 0 Å². The smallest absolute Gasteiger partial charge is 0.0658 e. The number of aromatic nitrogens is 16. The van der Waals surface area contributed by atoms with Crippen molar-refractivity contribution in [3.05, 3.63) is 285 Å². The number of fused-ring (bicyclic) bond motifs is 32. The Hall–Kier alpha value is -13.1. The van der Waals surface area contributed by atoms with Crippen LogP contribution >= 0.6 is 0 Å². The number of nitrogens with one attached hydrogen (secondary N) is 8. The Balaban J connectivity index is 0.000000101. The summed E-state index contributed by atoms with van der Waals surface area (Å²) >= 11 is 0. The molecule has 97 heavy (non-hydrogen) atoms. The van der Waals surface area contributed by atoms with Crippen molar-refractivity contribution in [2.24, 2.45) is 0 Å². The van der Waals surface area contributed by atoms with Crippen LogP contribution in [-0.2, 0) is 17.1 Å². The minimum absolute atomic E-state index is 0. The fraction of sp³-hybridized carbons (Fsp3) is 0. The fourth-order valence-corrected chi connectivity index (χ4v) is 11.8. The van der Waals surface area contributed by atoms with E-state index in [9.17, 15) is 0 Å². The van der Waals surface area contributed by atoms with E-state index in [0.29, 0.717) is 0 Å². The molecule has 17 heteroatoms. The van der Waals surface area contributed by atoms with Gasteiger partial charge in [-0.1, -0.05) is 0 Å². The standard InChI is InChI=1S/4C20H14N4.Cu/c4*1-2-14-10-16-5-6-18(23-16)12-20-8-7-19(24-20)11-17-4-3-15(22-17)9-13(1)21-14;/h4*1-12,21,24H;. The van der Waals surface area contributed by atoms with Crippen LogP contribution < -0.4 is 0 Å². The zero-order valence-corrected chi connectivity index (χ0v) is 52.5. The molecule has 0 spiro atoms. The molecule has 12 aromatic rings. The summed E-state index contributed by atoms with van der Waals surface area (Å²) in [7, 11) is 0. The van der Waals surface area contributed by atoms with Crippen LogP contribution in [0.4, 0.5) is 0 Å². The third-order valence-corrected chi connectivity index (χ3v) is 16.2. The molecule has 20 heterocycles. The first-order valence-electron chi connectivity index (χ1n) is 31.4. The second-order valence-electron chi connectivity index (χ2n) is 23.6.